The van der Waals surface area contributed by atoms with Gasteiger partial charge in [-0.2, -0.15) is 0 Å². The molecule has 0 amide bonds. The Balaban J connectivity index is 2.63. The van der Waals surface area contributed by atoms with Crippen molar-refractivity contribution in [1.29, 1.82) is 0 Å². The maximum Gasteiger partial charge on any atom is 0.0185 e. The molecular weight excluding hydrogens is 164 g/mol. The van der Waals surface area contributed by atoms with Crippen molar-refractivity contribution in [1.82, 2.24) is 0 Å². The van der Waals surface area contributed by atoms with E-state index in [2.05, 4.69) is 44.7 Å². The van der Waals surface area contributed by atoms with Crippen LogP contribution in [0.1, 0.15) is 12.5 Å². The van der Waals surface area contributed by atoms with Crippen molar-refractivity contribution >= 4 is 11.8 Å². The predicted octanol–water partition coefficient (Wildman–Crippen LogP) is 3.66. The second kappa shape index (κ2) is 4.36. The number of hydrogen-bond donors (Lipinski definition) is 0. The highest BCUT2D eigenvalue weighted by atomic mass is 32.2. The number of aryl methyl sites for hydroxylation is 1. The van der Waals surface area contributed by atoms with Crippen LogP contribution < -0.4 is 0 Å². The molecule has 0 aliphatic heterocycles. The predicted molar refractivity (Wildman–Crippen MR) is 56.7 cm³/mol. The van der Waals surface area contributed by atoms with Gasteiger partial charge in [0.1, 0.15) is 0 Å². The van der Waals surface area contributed by atoms with Crippen LogP contribution in [0.2, 0.25) is 0 Å². The molecule has 12 heavy (non-hydrogen) atoms. The lowest BCUT2D eigenvalue weighted by atomic mass is 10.2. The van der Waals surface area contributed by atoms with Crippen LogP contribution in [0, 0.1) is 6.92 Å². The van der Waals surface area contributed by atoms with E-state index >= 15 is 0 Å². The monoisotopic (exact) mass is 178 g/mol. The summed E-state index contributed by atoms with van der Waals surface area (Å²) in [5.74, 6) is 1.02. The molecule has 0 saturated carbocycles. The van der Waals surface area contributed by atoms with Crippen LogP contribution in [0.25, 0.3) is 0 Å². The molecule has 0 atom stereocenters. The lowest BCUT2D eigenvalue weighted by Crippen LogP contribution is -1.82. The van der Waals surface area contributed by atoms with E-state index in [1.165, 1.54) is 16.0 Å². The maximum atomic E-state index is 3.88. The van der Waals surface area contributed by atoms with Crippen molar-refractivity contribution < 1.29 is 0 Å². The summed E-state index contributed by atoms with van der Waals surface area (Å²) in [4.78, 5) is 1.36. The zero-order valence-electron chi connectivity index (χ0n) is 7.63. The maximum absolute atomic E-state index is 3.88. The molecule has 0 nitrogen and oxygen atoms in total. The van der Waals surface area contributed by atoms with Crippen molar-refractivity contribution in [2.75, 3.05) is 5.75 Å². The smallest absolute Gasteiger partial charge is 0.0185 e. The molecule has 0 heterocycles. The molecule has 0 aliphatic carbocycles. The summed E-state index contributed by atoms with van der Waals surface area (Å²) >= 11 is 1.86. The molecule has 1 aromatic carbocycles. The molecule has 1 aromatic rings. The Morgan fingerprint density at radius 3 is 2.67 bits per heavy atom. The normalized spacial score (nSPS) is 9.83. The summed E-state index contributed by atoms with van der Waals surface area (Å²) in [7, 11) is 0. The first-order valence-corrected chi connectivity index (χ1v) is 5.01. The third-order valence-corrected chi connectivity index (χ3v) is 2.97. The summed E-state index contributed by atoms with van der Waals surface area (Å²) in [6.07, 6.45) is 0. The number of thioether (sulfide) groups is 1. The van der Waals surface area contributed by atoms with Gasteiger partial charge in [0.25, 0.3) is 0 Å². The van der Waals surface area contributed by atoms with Gasteiger partial charge in [0.2, 0.25) is 0 Å². The van der Waals surface area contributed by atoms with E-state index in [4.69, 9.17) is 0 Å². The third kappa shape index (κ3) is 2.74. The van der Waals surface area contributed by atoms with Crippen LogP contribution in [-0.2, 0) is 0 Å². The van der Waals surface area contributed by atoms with Crippen molar-refractivity contribution in [3.63, 3.8) is 0 Å². The molecule has 64 valence electrons. The third-order valence-electron chi connectivity index (χ3n) is 1.57. The zero-order chi connectivity index (χ0) is 8.97. The Labute approximate surface area is 78.7 Å². The molecule has 0 saturated heterocycles. The lowest BCUT2D eigenvalue weighted by Gasteiger charge is -2.03. The van der Waals surface area contributed by atoms with Crippen molar-refractivity contribution in [2.24, 2.45) is 0 Å². The molecular formula is C11H14S. The topological polar surface area (TPSA) is 0 Å². The molecule has 1 heteroatoms. The van der Waals surface area contributed by atoms with Crippen LogP contribution in [0.15, 0.2) is 41.3 Å². The van der Waals surface area contributed by atoms with Crippen molar-refractivity contribution in [3.05, 3.63) is 42.0 Å². The minimum Gasteiger partial charge on any atom is -0.121 e. The van der Waals surface area contributed by atoms with E-state index in [0.717, 1.165) is 5.75 Å². The molecule has 1 rings (SSSR count). The SMILES string of the molecule is C=C(C)CSc1ccccc1C. The van der Waals surface area contributed by atoms with E-state index in [1.807, 2.05) is 11.8 Å². The van der Waals surface area contributed by atoms with Crippen LogP contribution in [0.4, 0.5) is 0 Å². The number of hydrogen-bond acceptors (Lipinski definition) is 1. The van der Waals surface area contributed by atoms with Gasteiger partial charge in [-0.1, -0.05) is 30.4 Å². The van der Waals surface area contributed by atoms with Crippen molar-refractivity contribution in [3.8, 4) is 0 Å². The van der Waals surface area contributed by atoms with Gasteiger partial charge in [0, 0.05) is 10.6 Å². The fourth-order valence-corrected chi connectivity index (χ4v) is 1.79. The fourth-order valence-electron chi connectivity index (χ4n) is 0.919. The van der Waals surface area contributed by atoms with Gasteiger partial charge in [-0.3, -0.25) is 0 Å². The summed E-state index contributed by atoms with van der Waals surface area (Å²) < 4.78 is 0. The van der Waals surface area contributed by atoms with E-state index in [9.17, 15) is 0 Å². The first-order valence-electron chi connectivity index (χ1n) is 4.03. The van der Waals surface area contributed by atoms with Gasteiger partial charge in [0.05, 0.1) is 0 Å². The molecule has 0 fully saturated rings. The van der Waals surface area contributed by atoms with Crippen LogP contribution in [0.3, 0.4) is 0 Å². The van der Waals surface area contributed by atoms with Gasteiger partial charge >= 0.3 is 0 Å². The molecule has 0 aromatic heterocycles. The van der Waals surface area contributed by atoms with E-state index in [-0.39, 0.29) is 0 Å². The Kier molecular flexibility index (Phi) is 3.42. The Morgan fingerprint density at radius 1 is 1.42 bits per heavy atom. The highest BCUT2D eigenvalue weighted by Crippen LogP contribution is 2.22. The minimum absolute atomic E-state index is 1.02. The first kappa shape index (κ1) is 9.40. The molecule has 0 spiro atoms. The Morgan fingerprint density at radius 2 is 2.08 bits per heavy atom. The minimum atomic E-state index is 1.02. The number of benzene rings is 1. The average molecular weight is 178 g/mol. The second-order valence-corrected chi connectivity index (χ2v) is 4.03. The van der Waals surface area contributed by atoms with E-state index in [1.54, 1.807) is 0 Å². The molecule has 0 unspecified atom stereocenters. The van der Waals surface area contributed by atoms with Crippen LogP contribution >= 0.6 is 11.8 Å². The largest absolute Gasteiger partial charge is 0.121 e. The Bertz CT molecular complexity index is 276. The van der Waals surface area contributed by atoms with Gasteiger partial charge in [-0.25, -0.2) is 0 Å². The summed E-state index contributed by atoms with van der Waals surface area (Å²) in [5.41, 5.74) is 2.58. The lowest BCUT2D eigenvalue weighted by molar-refractivity contribution is 1.30. The van der Waals surface area contributed by atoms with E-state index < -0.39 is 0 Å². The highest BCUT2D eigenvalue weighted by Gasteiger charge is 1.96. The fraction of sp³-hybridized carbons (Fsp3) is 0.273. The van der Waals surface area contributed by atoms with Crippen LogP contribution in [0.5, 0.6) is 0 Å². The quantitative estimate of drug-likeness (QED) is 0.503. The van der Waals surface area contributed by atoms with Gasteiger partial charge in [0.15, 0.2) is 0 Å². The van der Waals surface area contributed by atoms with Gasteiger partial charge in [-0.15, -0.1) is 11.8 Å². The van der Waals surface area contributed by atoms with Gasteiger partial charge < -0.3 is 0 Å². The molecule has 0 aliphatic rings. The molecule has 0 bridgehead atoms. The zero-order valence-corrected chi connectivity index (χ0v) is 8.45. The standard InChI is InChI=1S/C11H14S/c1-9(2)8-12-11-7-5-4-6-10(11)3/h4-7H,1,8H2,2-3H3. The van der Waals surface area contributed by atoms with Crippen LogP contribution in [-0.4, -0.2) is 5.75 Å². The number of rotatable bonds is 3. The van der Waals surface area contributed by atoms with Gasteiger partial charge in [-0.05, 0) is 25.5 Å². The molecule has 0 N–H and O–H groups in total. The summed E-state index contributed by atoms with van der Waals surface area (Å²) in [5, 5.41) is 0. The first-order chi connectivity index (χ1) is 5.70. The molecule has 0 radical (unpaired) electrons. The summed E-state index contributed by atoms with van der Waals surface area (Å²) in [6, 6.07) is 8.44. The highest BCUT2D eigenvalue weighted by molar-refractivity contribution is 7.99. The second-order valence-electron chi connectivity index (χ2n) is 3.01. The summed E-state index contributed by atoms with van der Waals surface area (Å²) in [6.45, 7) is 8.08. The Hall–Kier alpha value is -0.690. The van der Waals surface area contributed by atoms with E-state index in [0.29, 0.717) is 0 Å². The average Bonchev–Trinajstić information content (AvgIpc) is 2.03. The van der Waals surface area contributed by atoms with Crippen molar-refractivity contribution in [2.45, 2.75) is 18.7 Å².